The first-order valence-corrected chi connectivity index (χ1v) is 6.90. The molecule has 16 heavy (non-hydrogen) atoms. The minimum absolute atomic E-state index is 0.439. The molecule has 0 saturated carbocycles. The van der Waals surface area contributed by atoms with Crippen LogP contribution < -0.4 is 0 Å². The molecule has 5 nitrogen and oxygen atoms in total. The monoisotopic (exact) mass is 246 g/mol. The molecule has 1 aliphatic rings. The molecule has 0 aromatic carbocycles. The molecule has 0 aliphatic carbocycles. The van der Waals surface area contributed by atoms with E-state index >= 15 is 0 Å². The van der Waals surface area contributed by atoms with E-state index < -0.39 is 15.3 Å². The van der Waals surface area contributed by atoms with Gasteiger partial charge in [0.2, 0.25) is 10.0 Å². The fourth-order valence-electron chi connectivity index (χ4n) is 1.86. The van der Waals surface area contributed by atoms with Crippen molar-refractivity contribution >= 4 is 10.0 Å². The first-order chi connectivity index (χ1) is 7.52. The molecule has 1 fully saturated rings. The Morgan fingerprint density at radius 2 is 2.06 bits per heavy atom. The summed E-state index contributed by atoms with van der Waals surface area (Å²) >= 11 is 0. The summed E-state index contributed by atoms with van der Waals surface area (Å²) in [4.78, 5) is 0. The Morgan fingerprint density at radius 1 is 1.50 bits per heavy atom. The number of nitriles is 1. The average Bonchev–Trinajstić information content (AvgIpc) is 2.29. The van der Waals surface area contributed by atoms with Gasteiger partial charge >= 0.3 is 0 Å². The molecule has 1 rings (SSSR count). The number of rotatable bonds is 4. The minimum Gasteiger partial charge on any atom is -0.384 e. The van der Waals surface area contributed by atoms with Crippen molar-refractivity contribution in [3.8, 4) is 6.07 Å². The van der Waals surface area contributed by atoms with Gasteiger partial charge in [-0.2, -0.15) is 5.26 Å². The number of sulfonamides is 1. The zero-order chi connectivity index (χ0) is 12.2. The predicted molar refractivity (Wildman–Crippen MR) is 60.2 cm³/mol. The number of ether oxygens (including phenoxy) is 1. The highest BCUT2D eigenvalue weighted by atomic mass is 32.2. The molecular weight excluding hydrogens is 228 g/mol. The van der Waals surface area contributed by atoms with E-state index in [-0.39, 0.29) is 0 Å². The maximum Gasteiger partial charge on any atom is 0.230 e. The summed E-state index contributed by atoms with van der Waals surface area (Å²) < 4.78 is 30.2. The highest BCUT2D eigenvalue weighted by molar-refractivity contribution is 7.89. The highest BCUT2D eigenvalue weighted by Crippen LogP contribution is 2.21. The van der Waals surface area contributed by atoms with Crippen LogP contribution >= 0.6 is 0 Å². The first-order valence-electron chi connectivity index (χ1n) is 5.40. The van der Waals surface area contributed by atoms with Gasteiger partial charge in [0, 0.05) is 26.8 Å². The number of nitrogens with zero attached hydrogens (tertiary/aromatic N) is 2. The third-order valence-corrected chi connectivity index (χ3v) is 5.05. The van der Waals surface area contributed by atoms with Gasteiger partial charge < -0.3 is 4.74 Å². The Bertz CT molecular complexity index is 353. The summed E-state index contributed by atoms with van der Waals surface area (Å²) in [6.45, 7) is 3.11. The van der Waals surface area contributed by atoms with Gasteiger partial charge in [-0.3, -0.25) is 0 Å². The second-order valence-electron chi connectivity index (χ2n) is 4.11. The third-order valence-electron chi connectivity index (χ3n) is 2.96. The van der Waals surface area contributed by atoms with Crippen LogP contribution in [0.5, 0.6) is 0 Å². The van der Waals surface area contributed by atoms with E-state index in [9.17, 15) is 8.42 Å². The Kier molecular flexibility index (Phi) is 4.71. The Morgan fingerprint density at radius 3 is 2.50 bits per heavy atom. The molecular formula is C10H18N2O3S. The lowest BCUT2D eigenvalue weighted by atomic mass is 9.99. The predicted octanol–water partition coefficient (Wildman–Crippen LogP) is 0.587. The van der Waals surface area contributed by atoms with E-state index in [1.54, 1.807) is 13.2 Å². The lowest BCUT2D eigenvalue weighted by Crippen LogP contribution is -2.42. The van der Waals surface area contributed by atoms with Crippen LogP contribution in [0.15, 0.2) is 0 Å². The van der Waals surface area contributed by atoms with Crippen LogP contribution in [0.1, 0.15) is 19.8 Å². The maximum atomic E-state index is 11.9. The molecule has 0 amide bonds. The van der Waals surface area contributed by atoms with Crippen molar-refractivity contribution in [3.05, 3.63) is 0 Å². The molecule has 6 heteroatoms. The fourth-order valence-corrected chi connectivity index (χ4v) is 3.16. The van der Waals surface area contributed by atoms with Gasteiger partial charge in [0.25, 0.3) is 0 Å². The van der Waals surface area contributed by atoms with E-state index in [1.165, 1.54) is 11.2 Å². The zero-order valence-corrected chi connectivity index (χ0v) is 10.5. The maximum absolute atomic E-state index is 11.9. The van der Waals surface area contributed by atoms with Crippen LogP contribution in [0.3, 0.4) is 0 Å². The molecule has 1 aliphatic heterocycles. The van der Waals surface area contributed by atoms with Crippen molar-refractivity contribution in [1.82, 2.24) is 4.31 Å². The lowest BCUT2D eigenvalue weighted by molar-refractivity contribution is 0.121. The van der Waals surface area contributed by atoms with Crippen LogP contribution in [-0.4, -0.2) is 44.8 Å². The summed E-state index contributed by atoms with van der Waals surface area (Å²) in [5.74, 6) is 0.439. The van der Waals surface area contributed by atoms with Crippen LogP contribution in [0.2, 0.25) is 0 Å². The largest absolute Gasteiger partial charge is 0.384 e. The molecule has 1 saturated heterocycles. The van der Waals surface area contributed by atoms with Gasteiger partial charge in [-0.05, 0) is 25.7 Å². The Labute approximate surface area is 97.0 Å². The first kappa shape index (κ1) is 13.4. The summed E-state index contributed by atoms with van der Waals surface area (Å²) in [5, 5.41) is 7.71. The van der Waals surface area contributed by atoms with Gasteiger partial charge in [-0.25, -0.2) is 12.7 Å². The van der Waals surface area contributed by atoms with E-state index in [1.807, 2.05) is 0 Å². The topological polar surface area (TPSA) is 70.4 Å². The van der Waals surface area contributed by atoms with Crippen molar-refractivity contribution < 1.29 is 13.2 Å². The van der Waals surface area contributed by atoms with Crippen molar-refractivity contribution in [1.29, 1.82) is 5.26 Å². The summed E-state index contributed by atoms with van der Waals surface area (Å²) in [6, 6.07) is 1.78. The van der Waals surface area contributed by atoms with Crippen LogP contribution in [-0.2, 0) is 14.8 Å². The molecule has 0 N–H and O–H groups in total. The second-order valence-corrected chi connectivity index (χ2v) is 6.37. The van der Waals surface area contributed by atoms with Gasteiger partial charge in [0.1, 0.15) is 0 Å². The number of methoxy groups -OCH3 is 1. The van der Waals surface area contributed by atoms with Gasteiger partial charge in [-0.1, -0.05) is 0 Å². The highest BCUT2D eigenvalue weighted by Gasteiger charge is 2.32. The summed E-state index contributed by atoms with van der Waals surface area (Å²) in [6.07, 6.45) is 1.62. The summed E-state index contributed by atoms with van der Waals surface area (Å²) in [7, 11) is -1.77. The van der Waals surface area contributed by atoms with E-state index in [4.69, 9.17) is 10.00 Å². The van der Waals surface area contributed by atoms with Crippen molar-refractivity contribution in [2.24, 2.45) is 5.92 Å². The smallest absolute Gasteiger partial charge is 0.230 e. The third kappa shape index (κ3) is 2.94. The number of hydrogen-bond acceptors (Lipinski definition) is 4. The number of piperidine rings is 1. The van der Waals surface area contributed by atoms with Crippen molar-refractivity contribution in [3.63, 3.8) is 0 Å². The fraction of sp³-hybridized carbons (Fsp3) is 0.900. The van der Waals surface area contributed by atoms with Gasteiger partial charge in [0.15, 0.2) is 5.25 Å². The number of hydrogen-bond donors (Lipinski definition) is 0. The summed E-state index contributed by atoms with van der Waals surface area (Å²) in [5.41, 5.74) is 0. The SMILES string of the molecule is COCC1CCN(S(=O)(=O)C(C)C#N)CC1. The molecule has 0 radical (unpaired) electrons. The van der Waals surface area contributed by atoms with Crippen LogP contribution in [0.4, 0.5) is 0 Å². The minimum atomic E-state index is -3.42. The zero-order valence-electron chi connectivity index (χ0n) is 9.72. The molecule has 0 bridgehead atoms. The quantitative estimate of drug-likeness (QED) is 0.727. The molecule has 1 heterocycles. The Balaban J connectivity index is 2.58. The molecule has 92 valence electrons. The molecule has 0 spiro atoms. The Hall–Kier alpha value is -0.640. The van der Waals surface area contributed by atoms with Crippen molar-refractivity contribution in [2.45, 2.75) is 25.0 Å². The van der Waals surface area contributed by atoms with Crippen LogP contribution in [0, 0.1) is 17.2 Å². The average molecular weight is 246 g/mol. The van der Waals surface area contributed by atoms with Crippen molar-refractivity contribution in [2.75, 3.05) is 26.8 Å². The molecule has 1 unspecified atom stereocenters. The van der Waals surface area contributed by atoms with E-state index in [0.717, 1.165) is 12.8 Å². The van der Waals surface area contributed by atoms with E-state index in [0.29, 0.717) is 25.6 Å². The standard InChI is InChI=1S/C10H18N2O3S/c1-9(7-11)16(13,14)12-5-3-10(4-6-12)8-15-2/h9-10H,3-6,8H2,1-2H3. The van der Waals surface area contributed by atoms with Gasteiger partial charge in [0.05, 0.1) is 6.07 Å². The molecule has 0 aromatic rings. The van der Waals surface area contributed by atoms with Gasteiger partial charge in [-0.15, -0.1) is 0 Å². The molecule has 0 aromatic heterocycles. The molecule has 1 atom stereocenters. The van der Waals surface area contributed by atoms with E-state index in [2.05, 4.69) is 0 Å². The second kappa shape index (κ2) is 5.62. The normalized spacial score (nSPS) is 21.6. The lowest BCUT2D eigenvalue weighted by Gasteiger charge is -2.31. The van der Waals surface area contributed by atoms with Crippen LogP contribution in [0.25, 0.3) is 0 Å².